The maximum absolute atomic E-state index is 3.43. The molecule has 0 saturated heterocycles. The van der Waals surface area contributed by atoms with Crippen molar-refractivity contribution in [2.45, 2.75) is 40.2 Å². The Labute approximate surface area is 58.8 Å². The van der Waals surface area contributed by atoms with Gasteiger partial charge in [-0.15, -0.1) is 0 Å². The summed E-state index contributed by atoms with van der Waals surface area (Å²) in [6.45, 7) is 10.0. The van der Waals surface area contributed by atoms with Crippen LogP contribution in [0.2, 0.25) is 0 Å². The molecule has 9 heavy (non-hydrogen) atoms. The average Bonchev–Trinajstić information content (AvgIpc) is 1.83. The fourth-order valence-electron chi connectivity index (χ4n) is 0.581. The van der Waals surface area contributed by atoms with Crippen LogP contribution in [-0.2, 0) is 0 Å². The van der Waals surface area contributed by atoms with Crippen molar-refractivity contribution in [2.75, 3.05) is 6.54 Å². The Morgan fingerprint density at radius 1 is 1.22 bits per heavy atom. The molecule has 0 aliphatic rings. The van der Waals surface area contributed by atoms with E-state index in [0.717, 1.165) is 12.5 Å². The molecule has 1 atom stereocenters. The molecule has 1 heteroatoms. The highest BCUT2D eigenvalue weighted by Gasteiger charge is 1.97. The molecular formula is C8H19N. The van der Waals surface area contributed by atoms with E-state index in [2.05, 4.69) is 33.0 Å². The van der Waals surface area contributed by atoms with E-state index in [-0.39, 0.29) is 0 Å². The minimum atomic E-state index is 0.687. The second-order valence-corrected chi connectivity index (χ2v) is 3.11. The smallest absolute Gasteiger partial charge is 0.00362 e. The van der Waals surface area contributed by atoms with Crippen molar-refractivity contribution in [3.05, 3.63) is 0 Å². The predicted octanol–water partition coefficient (Wildman–Crippen LogP) is 2.03. The van der Waals surface area contributed by atoms with Crippen molar-refractivity contribution in [3.8, 4) is 0 Å². The van der Waals surface area contributed by atoms with Gasteiger partial charge in [-0.2, -0.15) is 0 Å². The van der Waals surface area contributed by atoms with Gasteiger partial charge in [0.2, 0.25) is 0 Å². The van der Waals surface area contributed by atoms with E-state index < -0.39 is 0 Å². The molecule has 0 rings (SSSR count). The Bertz CT molecular complexity index is 59.6. The standard InChI is InChI=1S/C8H19N/c1-5-8(4)9-6-7(2)3/h7-9H,5-6H2,1-4H3. The minimum absolute atomic E-state index is 0.687. The summed E-state index contributed by atoms with van der Waals surface area (Å²) in [5.74, 6) is 0.777. The van der Waals surface area contributed by atoms with Crippen LogP contribution in [0.5, 0.6) is 0 Å². The topological polar surface area (TPSA) is 12.0 Å². The molecule has 0 aromatic heterocycles. The number of hydrogen-bond donors (Lipinski definition) is 1. The van der Waals surface area contributed by atoms with Crippen molar-refractivity contribution in [3.63, 3.8) is 0 Å². The highest BCUT2D eigenvalue weighted by atomic mass is 14.9. The first-order valence-corrected chi connectivity index (χ1v) is 3.90. The highest BCUT2D eigenvalue weighted by Crippen LogP contribution is 1.91. The molecule has 1 nitrogen and oxygen atoms in total. The maximum Gasteiger partial charge on any atom is 0.00362 e. The van der Waals surface area contributed by atoms with E-state index in [0.29, 0.717) is 6.04 Å². The Morgan fingerprint density at radius 3 is 2.11 bits per heavy atom. The van der Waals surface area contributed by atoms with Crippen molar-refractivity contribution in [2.24, 2.45) is 5.92 Å². The third kappa shape index (κ3) is 5.84. The zero-order valence-corrected chi connectivity index (χ0v) is 7.07. The summed E-state index contributed by atoms with van der Waals surface area (Å²) in [6.07, 6.45) is 1.23. The Balaban J connectivity index is 3.06. The normalized spacial score (nSPS) is 14.3. The lowest BCUT2D eigenvalue weighted by molar-refractivity contribution is 0.475. The monoisotopic (exact) mass is 129 g/mol. The first-order chi connectivity index (χ1) is 4.16. The van der Waals surface area contributed by atoms with Crippen molar-refractivity contribution in [1.82, 2.24) is 5.32 Å². The molecular weight excluding hydrogens is 110 g/mol. The van der Waals surface area contributed by atoms with Crippen LogP contribution in [0.4, 0.5) is 0 Å². The molecule has 0 aromatic rings. The summed E-state index contributed by atoms with van der Waals surface area (Å²) in [4.78, 5) is 0. The Kier molecular flexibility index (Phi) is 4.78. The van der Waals surface area contributed by atoms with Crippen molar-refractivity contribution in [1.29, 1.82) is 0 Å². The number of hydrogen-bond acceptors (Lipinski definition) is 1. The van der Waals surface area contributed by atoms with Gasteiger partial charge >= 0.3 is 0 Å². The van der Waals surface area contributed by atoms with Crippen molar-refractivity contribution >= 4 is 0 Å². The average molecular weight is 129 g/mol. The molecule has 56 valence electrons. The van der Waals surface area contributed by atoms with Gasteiger partial charge in [-0.25, -0.2) is 0 Å². The van der Waals surface area contributed by atoms with Crippen LogP contribution >= 0.6 is 0 Å². The third-order valence-electron chi connectivity index (χ3n) is 1.49. The van der Waals surface area contributed by atoms with Gasteiger partial charge < -0.3 is 5.32 Å². The van der Waals surface area contributed by atoms with Gasteiger partial charge in [0.1, 0.15) is 0 Å². The lowest BCUT2D eigenvalue weighted by Crippen LogP contribution is -2.28. The zero-order chi connectivity index (χ0) is 7.28. The van der Waals surface area contributed by atoms with Gasteiger partial charge in [0, 0.05) is 6.04 Å². The first-order valence-electron chi connectivity index (χ1n) is 3.90. The second kappa shape index (κ2) is 4.80. The molecule has 0 heterocycles. The SMILES string of the molecule is CCC(C)NCC(C)C. The zero-order valence-electron chi connectivity index (χ0n) is 7.07. The van der Waals surface area contributed by atoms with Crippen LogP contribution in [-0.4, -0.2) is 12.6 Å². The first kappa shape index (κ1) is 8.96. The van der Waals surface area contributed by atoms with E-state index >= 15 is 0 Å². The van der Waals surface area contributed by atoms with E-state index in [9.17, 15) is 0 Å². The van der Waals surface area contributed by atoms with Gasteiger partial charge in [0.05, 0.1) is 0 Å². The summed E-state index contributed by atoms with van der Waals surface area (Å²) in [5, 5.41) is 3.43. The molecule has 1 unspecified atom stereocenters. The molecule has 0 amide bonds. The number of nitrogens with one attached hydrogen (secondary N) is 1. The summed E-state index contributed by atoms with van der Waals surface area (Å²) in [7, 11) is 0. The predicted molar refractivity (Wildman–Crippen MR) is 42.6 cm³/mol. The molecule has 0 aromatic carbocycles. The second-order valence-electron chi connectivity index (χ2n) is 3.11. The summed E-state index contributed by atoms with van der Waals surface area (Å²) < 4.78 is 0. The van der Waals surface area contributed by atoms with Crippen molar-refractivity contribution < 1.29 is 0 Å². The minimum Gasteiger partial charge on any atom is -0.314 e. The van der Waals surface area contributed by atoms with E-state index in [1.807, 2.05) is 0 Å². The van der Waals surface area contributed by atoms with Gasteiger partial charge in [0.25, 0.3) is 0 Å². The van der Waals surface area contributed by atoms with Crippen LogP contribution in [0.3, 0.4) is 0 Å². The lowest BCUT2D eigenvalue weighted by atomic mass is 10.2. The van der Waals surface area contributed by atoms with E-state index in [1.165, 1.54) is 6.42 Å². The highest BCUT2D eigenvalue weighted by molar-refractivity contribution is 4.58. The van der Waals surface area contributed by atoms with Crippen LogP contribution in [0.25, 0.3) is 0 Å². The van der Waals surface area contributed by atoms with Crippen LogP contribution in [0.1, 0.15) is 34.1 Å². The van der Waals surface area contributed by atoms with Gasteiger partial charge in [-0.3, -0.25) is 0 Å². The van der Waals surface area contributed by atoms with Gasteiger partial charge in [-0.1, -0.05) is 20.8 Å². The Hall–Kier alpha value is -0.0400. The molecule has 0 spiro atoms. The molecule has 0 aliphatic carbocycles. The molecule has 0 fully saturated rings. The fraction of sp³-hybridized carbons (Fsp3) is 1.00. The molecule has 0 aliphatic heterocycles. The quantitative estimate of drug-likeness (QED) is 0.612. The fourth-order valence-corrected chi connectivity index (χ4v) is 0.581. The molecule has 0 bridgehead atoms. The molecule has 0 saturated carbocycles. The largest absolute Gasteiger partial charge is 0.314 e. The van der Waals surface area contributed by atoms with Gasteiger partial charge in [-0.05, 0) is 25.8 Å². The summed E-state index contributed by atoms with van der Waals surface area (Å²) in [5.41, 5.74) is 0. The summed E-state index contributed by atoms with van der Waals surface area (Å²) in [6, 6.07) is 0.687. The number of rotatable bonds is 4. The maximum atomic E-state index is 3.43. The van der Waals surface area contributed by atoms with Gasteiger partial charge in [0.15, 0.2) is 0 Å². The van der Waals surface area contributed by atoms with Crippen LogP contribution < -0.4 is 5.32 Å². The van der Waals surface area contributed by atoms with E-state index in [4.69, 9.17) is 0 Å². The van der Waals surface area contributed by atoms with Crippen LogP contribution in [0, 0.1) is 5.92 Å². The molecule has 0 radical (unpaired) electrons. The lowest BCUT2D eigenvalue weighted by Gasteiger charge is -2.12. The third-order valence-corrected chi connectivity index (χ3v) is 1.49. The Morgan fingerprint density at radius 2 is 1.78 bits per heavy atom. The van der Waals surface area contributed by atoms with Crippen LogP contribution in [0.15, 0.2) is 0 Å². The van der Waals surface area contributed by atoms with E-state index in [1.54, 1.807) is 0 Å². The summed E-state index contributed by atoms with van der Waals surface area (Å²) >= 11 is 0. The molecule has 1 N–H and O–H groups in total.